The quantitative estimate of drug-likeness (QED) is 0.508. The molecule has 1 radical (unpaired) electrons. The molecule has 0 fully saturated rings. The Morgan fingerprint density at radius 3 is 1.93 bits per heavy atom. The van der Waals surface area contributed by atoms with Crippen LogP contribution in [-0.2, 0) is 0 Å². The highest BCUT2D eigenvalue weighted by Crippen LogP contribution is 2.24. The molecule has 0 saturated carbocycles. The third kappa shape index (κ3) is 6.45. The summed E-state index contributed by atoms with van der Waals surface area (Å²) in [6.07, 6.45) is 8.05. The molecule has 0 saturated heterocycles. The Hall–Kier alpha value is 0. The lowest BCUT2D eigenvalue weighted by atomic mass is 9.85. The molecular weight excluding hydrogens is 168 g/mol. The van der Waals surface area contributed by atoms with Crippen molar-refractivity contribution in [1.29, 1.82) is 0 Å². The molecule has 0 rings (SSSR count). The molecule has 0 aliphatic rings. The van der Waals surface area contributed by atoms with Gasteiger partial charge in [0.25, 0.3) is 0 Å². The van der Waals surface area contributed by atoms with Crippen molar-refractivity contribution in [3.63, 3.8) is 0 Å². The Morgan fingerprint density at radius 2 is 1.43 bits per heavy atom. The molecule has 3 unspecified atom stereocenters. The molecule has 0 heteroatoms. The van der Waals surface area contributed by atoms with E-state index in [0.717, 1.165) is 11.8 Å². The summed E-state index contributed by atoms with van der Waals surface area (Å²) in [7, 11) is 0. The monoisotopic (exact) mass is 197 g/mol. The molecule has 0 aromatic carbocycles. The fourth-order valence-electron chi connectivity index (χ4n) is 2.11. The van der Waals surface area contributed by atoms with Crippen LogP contribution in [0.15, 0.2) is 0 Å². The van der Waals surface area contributed by atoms with E-state index in [0.29, 0.717) is 5.92 Å². The fourth-order valence-corrected chi connectivity index (χ4v) is 2.11. The molecule has 85 valence electrons. The second kappa shape index (κ2) is 8.32. The van der Waals surface area contributed by atoms with Gasteiger partial charge in [0.2, 0.25) is 0 Å². The SMILES string of the molecule is [CH2]C(CCC(C)CCC)C(C)CCC. The zero-order valence-corrected chi connectivity index (χ0v) is 10.7. The maximum absolute atomic E-state index is 4.29. The van der Waals surface area contributed by atoms with Gasteiger partial charge in [-0.3, -0.25) is 0 Å². The van der Waals surface area contributed by atoms with Gasteiger partial charge >= 0.3 is 0 Å². The molecule has 3 atom stereocenters. The number of hydrogen-bond acceptors (Lipinski definition) is 0. The lowest BCUT2D eigenvalue weighted by Crippen LogP contribution is -2.09. The second-order valence-corrected chi connectivity index (χ2v) is 5.00. The molecule has 0 bridgehead atoms. The number of rotatable bonds is 8. The van der Waals surface area contributed by atoms with Crippen LogP contribution in [0.4, 0.5) is 0 Å². The van der Waals surface area contributed by atoms with Crippen molar-refractivity contribution in [2.24, 2.45) is 17.8 Å². The summed E-state index contributed by atoms with van der Waals surface area (Å²) >= 11 is 0. The van der Waals surface area contributed by atoms with E-state index in [-0.39, 0.29) is 0 Å². The first-order chi connectivity index (χ1) is 6.61. The van der Waals surface area contributed by atoms with Gasteiger partial charge < -0.3 is 0 Å². The standard InChI is InChI=1S/C14H29/c1-6-8-12(3)10-11-14(5)13(4)9-7-2/h12-14H,5-11H2,1-4H3. The molecule has 0 heterocycles. The Balaban J connectivity index is 3.56. The predicted molar refractivity (Wildman–Crippen MR) is 66.2 cm³/mol. The third-order valence-electron chi connectivity index (χ3n) is 3.36. The molecular formula is C14H29. The molecule has 0 aromatic heterocycles. The molecule has 0 aromatic rings. The Bertz CT molecular complexity index is 117. The molecule has 0 aliphatic carbocycles. The first-order valence-corrected chi connectivity index (χ1v) is 6.44. The van der Waals surface area contributed by atoms with Crippen molar-refractivity contribution in [3.8, 4) is 0 Å². The van der Waals surface area contributed by atoms with Crippen LogP contribution in [0.1, 0.15) is 66.2 Å². The molecule has 0 N–H and O–H groups in total. The van der Waals surface area contributed by atoms with Crippen LogP contribution in [0.5, 0.6) is 0 Å². The topological polar surface area (TPSA) is 0 Å². The van der Waals surface area contributed by atoms with Crippen LogP contribution in [0.3, 0.4) is 0 Å². The average molecular weight is 197 g/mol. The highest BCUT2D eigenvalue weighted by atomic mass is 14.2. The summed E-state index contributed by atoms with van der Waals surface area (Å²) in [4.78, 5) is 0. The van der Waals surface area contributed by atoms with Crippen molar-refractivity contribution in [1.82, 2.24) is 0 Å². The smallest absolute Gasteiger partial charge is 0.0388 e. The zero-order valence-electron chi connectivity index (χ0n) is 10.7. The molecule has 0 spiro atoms. The Morgan fingerprint density at radius 1 is 0.857 bits per heavy atom. The van der Waals surface area contributed by atoms with Gasteiger partial charge in [0, 0.05) is 0 Å². The predicted octanol–water partition coefficient (Wildman–Crippen LogP) is 5.09. The van der Waals surface area contributed by atoms with Crippen LogP contribution < -0.4 is 0 Å². The van der Waals surface area contributed by atoms with Gasteiger partial charge in [0.05, 0.1) is 0 Å². The van der Waals surface area contributed by atoms with Crippen LogP contribution in [-0.4, -0.2) is 0 Å². The highest BCUT2D eigenvalue weighted by molar-refractivity contribution is 4.69. The van der Waals surface area contributed by atoms with Crippen molar-refractivity contribution in [2.45, 2.75) is 66.2 Å². The van der Waals surface area contributed by atoms with Crippen LogP contribution in [0, 0.1) is 24.7 Å². The van der Waals surface area contributed by atoms with E-state index >= 15 is 0 Å². The minimum Gasteiger partial charge on any atom is -0.0654 e. The van der Waals surface area contributed by atoms with Gasteiger partial charge in [-0.25, -0.2) is 0 Å². The maximum Gasteiger partial charge on any atom is -0.0388 e. The summed E-state index contributed by atoms with van der Waals surface area (Å²) in [5, 5.41) is 0. The van der Waals surface area contributed by atoms with Crippen molar-refractivity contribution < 1.29 is 0 Å². The third-order valence-corrected chi connectivity index (χ3v) is 3.36. The van der Waals surface area contributed by atoms with E-state index < -0.39 is 0 Å². The summed E-state index contributed by atoms with van der Waals surface area (Å²) in [6.45, 7) is 13.6. The van der Waals surface area contributed by atoms with Crippen molar-refractivity contribution in [3.05, 3.63) is 6.92 Å². The van der Waals surface area contributed by atoms with Crippen molar-refractivity contribution in [2.75, 3.05) is 0 Å². The molecule has 0 aliphatic heterocycles. The van der Waals surface area contributed by atoms with E-state index in [1.54, 1.807) is 0 Å². The largest absolute Gasteiger partial charge is 0.0654 e. The summed E-state index contributed by atoms with van der Waals surface area (Å²) in [5.41, 5.74) is 0. The summed E-state index contributed by atoms with van der Waals surface area (Å²) in [6, 6.07) is 0. The van der Waals surface area contributed by atoms with E-state index in [1.165, 1.54) is 38.5 Å². The van der Waals surface area contributed by atoms with E-state index in [9.17, 15) is 0 Å². The Labute approximate surface area is 91.5 Å². The minimum atomic E-state index is 0.675. The van der Waals surface area contributed by atoms with Gasteiger partial charge in [0.1, 0.15) is 0 Å². The van der Waals surface area contributed by atoms with Gasteiger partial charge in [0.15, 0.2) is 0 Å². The minimum absolute atomic E-state index is 0.675. The molecule has 14 heavy (non-hydrogen) atoms. The lowest BCUT2D eigenvalue weighted by Gasteiger charge is -2.20. The maximum atomic E-state index is 4.29. The van der Waals surface area contributed by atoms with Crippen molar-refractivity contribution >= 4 is 0 Å². The van der Waals surface area contributed by atoms with E-state index in [2.05, 4.69) is 34.6 Å². The molecule has 0 nitrogen and oxygen atoms in total. The number of hydrogen-bond donors (Lipinski definition) is 0. The van der Waals surface area contributed by atoms with E-state index in [1.807, 2.05) is 0 Å². The van der Waals surface area contributed by atoms with Gasteiger partial charge in [-0.15, -0.1) is 0 Å². The van der Waals surface area contributed by atoms with Gasteiger partial charge in [-0.1, -0.05) is 59.8 Å². The second-order valence-electron chi connectivity index (χ2n) is 5.00. The zero-order chi connectivity index (χ0) is 11.0. The normalized spacial score (nSPS) is 17.8. The van der Waals surface area contributed by atoms with Gasteiger partial charge in [-0.05, 0) is 31.1 Å². The first-order valence-electron chi connectivity index (χ1n) is 6.44. The van der Waals surface area contributed by atoms with E-state index in [4.69, 9.17) is 0 Å². The summed E-state index contributed by atoms with van der Waals surface area (Å²) in [5.74, 6) is 2.39. The first kappa shape index (κ1) is 14.0. The van der Waals surface area contributed by atoms with Crippen LogP contribution >= 0.6 is 0 Å². The highest BCUT2D eigenvalue weighted by Gasteiger charge is 2.12. The van der Waals surface area contributed by atoms with Crippen LogP contribution in [0.25, 0.3) is 0 Å². The average Bonchev–Trinajstić information content (AvgIpc) is 2.15. The lowest BCUT2D eigenvalue weighted by molar-refractivity contribution is 0.336. The van der Waals surface area contributed by atoms with Gasteiger partial charge in [-0.2, -0.15) is 0 Å². The fraction of sp³-hybridized carbons (Fsp3) is 0.929. The van der Waals surface area contributed by atoms with Crippen LogP contribution in [0.2, 0.25) is 0 Å². The Kier molecular flexibility index (Phi) is 8.32. The summed E-state index contributed by atoms with van der Waals surface area (Å²) < 4.78 is 0. The molecule has 0 amide bonds.